The molecule has 0 spiro atoms. The zero-order valence-electron chi connectivity index (χ0n) is 11.3. The molecule has 0 aliphatic carbocycles. The van der Waals surface area contributed by atoms with Crippen LogP contribution in [0.15, 0.2) is 47.4 Å². The van der Waals surface area contributed by atoms with E-state index in [1.165, 1.54) is 18.2 Å². The largest absolute Gasteiger partial charge is 0.426 e. The van der Waals surface area contributed by atoms with Gasteiger partial charge in [-0.2, -0.15) is 0 Å². The molecule has 0 saturated carbocycles. The Balaban J connectivity index is 1.82. The number of nitrogens with zero attached hydrogens (tertiary/aromatic N) is 2. The average Bonchev–Trinajstić information content (AvgIpc) is 2.96. The summed E-state index contributed by atoms with van der Waals surface area (Å²) in [5.74, 6) is -0.861. The number of nitrogens with one attached hydrogen (secondary N) is 1. The summed E-state index contributed by atoms with van der Waals surface area (Å²) in [6, 6.07) is 9.41. The van der Waals surface area contributed by atoms with Crippen LogP contribution in [-0.2, 0) is 10.0 Å². The van der Waals surface area contributed by atoms with E-state index >= 15 is 0 Å². The smallest absolute Gasteiger partial charge is 0.408 e. The number of hydrogen-bond donors (Lipinski definition) is 1. The first-order valence-corrected chi connectivity index (χ1v) is 8.43. The van der Waals surface area contributed by atoms with Crippen molar-refractivity contribution in [2.45, 2.75) is 4.90 Å². The van der Waals surface area contributed by atoms with Gasteiger partial charge in [0.15, 0.2) is 5.75 Å². The molecule has 1 heterocycles. The maximum absolute atomic E-state index is 13.5. The van der Waals surface area contributed by atoms with Crippen molar-refractivity contribution < 1.29 is 22.3 Å². The standard InChI is InChI=1S/C13H8FN3O4S2/c14-8-4-1-2-7-11(8)23(19,20)16-13(18)21-10-6-3-5-9-12(10)22-17-15-9/h1-7H,(H,16,18). The number of hydrogen-bond acceptors (Lipinski definition) is 7. The van der Waals surface area contributed by atoms with E-state index in [-0.39, 0.29) is 5.75 Å². The van der Waals surface area contributed by atoms with Crippen molar-refractivity contribution in [2.24, 2.45) is 0 Å². The van der Waals surface area contributed by atoms with E-state index in [4.69, 9.17) is 4.74 Å². The molecular formula is C13H8FN3O4S2. The zero-order chi connectivity index (χ0) is 16.4. The van der Waals surface area contributed by atoms with Gasteiger partial charge in [0.05, 0.1) is 0 Å². The Hall–Kier alpha value is -2.59. The van der Waals surface area contributed by atoms with Crippen LogP contribution >= 0.6 is 11.5 Å². The van der Waals surface area contributed by atoms with Gasteiger partial charge in [-0.15, -0.1) is 5.10 Å². The van der Waals surface area contributed by atoms with E-state index in [1.807, 2.05) is 0 Å². The first-order chi connectivity index (χ1) is 11.0. The maximum Gasteiger partial charge on any atom is 0.426 e. The Morgan fingerprint density at radius 3 is 2.74 bits per heavy atom. The third-order valence-corrected chi connectivity index (χ3v) is 4.89. The molecule has 1 amide bonds. The summed E-state index contributed by atoms with van der Waals surface area (Å²) in [5.41, 5.74) is 0.511. The van der Waals surface area contributed by atoms with Crippen LogP contribution in [0, 0.1) is 5.82 Å². The Bertz CT molecular complexity index is 988. The summed E-state index contributed by atoms with van der Waals surface area (Å²) >= 11 is 0.997. The molecule has 0 radical (unpaired) electrons. The van der Waals surface area contributed by atoms with Crippen molar-refractivity contribution >= 4 is 37.9 Å². The van der Waals surface area contributed by atoms with Gasteiger partial charge in [-0.25, -0.2) is 22.3 Å². The van der Waals surface area contributed by atoms with Crippen LogP contribution in [0.5, 0.6) is 5.75 Å². The molecule has 2 aromatic carbocycles. The fourth-order valence-electron chi connectivity index (χ4n) is 1.81. The maximum atomic E-state index is 13.5. The minimum absolute atomic E-state index is 0.110. The number of rotatable bonds is 3. The van der Waals surface area contributed by atoms with Gasteiger partial charge in [-0.3, -0.25) is 0 Å². The molecule has 0 aliphatic rings. The molecule has 1 N–H and O–H groups in total. The summed E-state index contributed by atoms with van der Waals surface area (Å²) in [5, 5.41) is 3.81. The highest BCUT2D eigenvalue weighted by Gasteiger charge is 2.23. The quantitative estimate of drug-likeness (QED) is 0.776. The molecule has 0 aliphatic heterocycles. The fourth-order valence-corrected chi connectivity index (χ4v) is 3.37. The molecule has 0 atom stereocenters. The van der Waals surface area contributed by atoms with Crippen LogP contribution in [0.4, 0.5) is 9.18 Å². The third-order valence-electron chi connectivity index (χ3n) is 2.79. The number of benzene rings is 2. The van der Waals surface area contributed by atoms with Crippen LogP contribution in [0.1, 0.15) is 0 Å². The molecule has 3 aromatic rings. The Morgan fingerprint density at radius 2 is 1.96 bits per heavy atom. The lowest BCUT2D eigenvalue weighted by molar-refractivity contribution is 0.207. The molecular weight excluding hydrogens is 345 g/mol. The number of ether oxygens (including phenoxy) is 1. The predicted molar refractivity (Wildman–Crippen MR) is 80.2 cm³/mol. The molecule has 7 nitrogen and oxygen atoms in total. The molecule has 0 saturated heterocycles. The van der Waals surface area contributed by atoms with Crippen molar-refractivity contribution in [3.05, 3.63) is 48.3 Å². The number of aromatic nitrogens is 2. The van der Waals surface area contributed by atoms with Crippen molar-refractivity contribution in [3.63, 3.8) is 0 Å². The molecule has 0 unspecified atom stereocenters. The fraction of sp³-hybridized carbons (Fsp3) is 0. The molecule has 3 rings (SSSR count). The van der Waals surface area contributed by atoms with Crippen LogP contribution in [0.3, 0.4) is 0 Å². The van der Waals surface area contributed by atoms with Gasteiger partial charge in [0, 0.05) is 0 Å². The number of fused-ring (bicyclic) bond motifs is 1. The minimum atomic E-state index is -4.38. The number of amides is 1. The van der Waals surface area contributed by atoms with Gasteiger partial charge in [-0.05, 0) is 35.8 Å². The first kappa shape index (κ1) is 15.3. The topological polar surface area (TPSA) is 98.2 Å². The molecule has 118 valence electrons. The van der Waals surface area contributed by atoms with E-state index in [0.717, 1.165) is 23.7 Å². The first-order valence-electron chi connectivity index (χ1n) is 6.17. The normalized spacial score (nSPS) is 11.3. The van der Waals surface area contributed by atoms with E-state index < -0.39 is 26.8 Å². The lowest BCUT2D eigenvalue weighted by Gasteiger charge is -2.08. The molecule has 23 heavy (non-hydrogen) atoms. The van der Waals surface area contributed by atoms with Crippen LogP contribution in [0.25, 0.3) is 10.2 Å². The summed E-state index contributed by atoms with van der Waals surface area (Å²) in [7, 11) is -4.38. The van der Waals surface area contributed by atoms with Gasteiger partial charge in [0.25, 0.3) is 10.0 Å². The lowest BCUT2D eigenvalue weighted by atomic mass is 10.3. The van der Waals surface area contributed by atoms with Crippen LogP contribution in [0.2, 0.25) is 0 Å². The number of sulfonamides is 1. The second-order valence-corrected chi connectivity index (χ2v) is 6.71. The highest BCUT2D eigenvalue weighted by Crippen LogP contribution is 2.27. The Labute approximate surface area is 133 Å². The van der Waals surface area contributed by atoms with E-state index in [9.17, 15) is 17.6 Å². The number of carbonyl (C=O) groups excluding carboxylic acids is 1. The average molecular weight is 353 g/mol. The van der Waals surface area contributed by atoms with Gasteiger partial charge in [-0.1, -0.05) is 22.7 Å². The molecule has 0 bridgehead atoms. The van der Waals surface area contributed by atoms with Gasteiger partial charge in [0.1, 0.15) is 20.9 Å². The van der Waals surface area contributed by atoms with Gasteiger partial charge >= 0.3 is 6.09 Å². The highest BCUT2D eigenvalue weighted by molar-refractivity contribution is 7.90. The Morgan fingerprint density at radius 1 is 1.17 bits per heavy atom. The number of halogens is 1. The lowest BCUT2D eigenvalue weighted by Crippen LogP contribution is -2.33. The third kappa shape index (κ3) is 3.12. The molecule has 0 fully saturated rings. The summed E-state index contributed by atoms with van der Waals surface area (Å²) in [4.78, 5) is 11.2. The highest BCUT2D eigenvalue weighted by atomic mass is 32.2. The summed E-state index contributed by atoms with van der Waals surface area (Å²) in [6.45, 7) is 0. The van der Waals surface area contributed by atoms with Gasteiger partial charge in [0.2, 0.25) is 0 Å². The zero-order valence-corrected chi connectivity index (χ0v) is 12.9. The monoisotopic (exact) mass is 353 g/mol. The second kappa shape index (κ2) is 5.89. The minimum Gasteiger partial charge on any atom is -0.408 e. The van der Waals surface area contributed by atoms with Crippen LogP contribution in [-0.4, -0.2) is 24.1 Å². The van der Waals surface area contributed by atoms with E-state index in [0.29, 0.717) is 10.2 Å². The molecule has 10 heteroatoms. The molecule has 1 aromatic heterocycles. The van der Waals surface area contributed by atoms with Crippen molar-refractivity contribution in [1.82, 2.24) is 14.3 Å². The van der Waals surface area contributed by atoms with Crippen molar-refractivity contribution in [2.75, 3.05) is 0 Å². The van der Waals surface area contributed by atoms with E-state index in [2.05, 4.69) is 9.59 Å². The second-order valence-electron chi connectivity index (χ2n) is 4.30. The van der Waals surface area contributed by atoms with Crippen molar-refractivity contribution in [1.29, 1.82) is 0 Å². The van der Waals surface area contributed by atoms with Gasteiger partial charge < -0.3 is 4.74 Å². The Kier molecular flexibility index (Phi) is 3.92. The predicted octanol–water partition coefficient (Wildman–Crippen LogP) is 2.31. The van der Waals surface area contributed by atoms with E-state index in [1.54, 1.807) is 16.9 Å². The number of carbonyl (C=O) groups is 1. The SMILES string of the molecule is O=C(NS(=O)(=O)c1ccccc1F)Oc1cccc2nnsc12. The van der Waals surface area contributed by atoms with Crippen LogP contribution < -0.4 is 9.46 Å². The summed E-state index contributed by atoms with van der Waals surface area (Å²) in [6.07, 6.45) is -1.26. The summed E-state index contributed by atoms with van der Waals surface area (Å²) < 4.78 is 48.4. The van der Waals surface area contributed by atoms with Crippen molar-refractivity contribution in [3.8, 4) is 5.75 Å².